The van der Waals surface area contributed by atoms with E-state index in [0.29, 0.717) is 18.0 Å². The molecule has 21 heavy (non-hydrogen) atoms. The number of sulfonamides is 1. The minimum absolute atomic E-state index is 0.378. The zero-order valence-electron chi connectivity index (χ0n) is 11.7. The third-order valence-electron chi connectivity index (χ3n) is 3.77. The Kier molecular flexibility index (Phi) is 3.90. The molecule has 0 radical (unpaired) electrons. The Morgan fingerprint density at radius 1 is 1.10 bits per heavy atom. The Morgan fingerprint density at radius 2 is 1.90 bits per heavy atom. The van der Waals surface area contributed by atoms with Gasteiger partial charge in [-0.2, -0.15) is 4.31 Å². The fraction of sp³-hybridized carbons (Fsp3) is 0.250. The molecule has 0 spiro atoms. The molecule has 3 nitrogen and oxygen atoms in total. The van der Waals surface area contributed by atoms with E-state index in [4.69, 9.17) is 0 Å². The van der Waals surface area contributed by atoms with Crippen molar-refractivity contribution >= 4 is 26.0 Å². The van der Waals surface area contributed by atoms with Gasteiger partial charge in [0.05, 0.1) is 4.90 Å². The first-order valence-electron chi connectivity index (χ1n) is 6.81. The molecular formula is C16H16BrNO2S. The van der Waals surface area contributed by atoms with E-state index in [1.165, 1.54) is 5.56 Å². The van der Waals surface area contributed by atoms with Gasteiger partial charge in [0, 0.05) is 17.6 Å². The first-order chi connectivity index (χ1) is 9.96. The maximum Gasteiger partial charge on any atom is 0.243 e. The van der Waals surface area contributed by atoms with Gasteiger partial charge in [0.25, 0.3) is 0 Å². The topological polar surface area (TPSA) is 37.4 Å². The second-order valence-electron chi connectivity index (χ2n) is 5.32. The number of rotatable bonds is 2. The summed E-state index contributed by atoms with van der Waals surface area (Å²) in [7, 11) is -3.42. The largest absolute Gasteiger partial charge is 0.243 e. The van der Waals surface area contributed by atoms with Crippen molar-refractivity contribution in [3.8, 4) is 0 Å². The van der Waals surface area contributed by atoms with Gasteiger partial charge in [-0.15, -0.1) is 0 Å². The summed E-state index contributed by atoms with van der Waals surface area (Å²) in [5.41, 5.74) is 3.26. The van der Waals surface area contributed by atoms with Crippen LogP contribution in [-0.4, -0.2) is 19.3 Å². The normalized spacial score (nSPS) is 15.7. The monoisotopic (exact) mass is 365 g/mol. The van der Waals surface area contributed by atoms with E-state index in [1.54, 1.807) is 22.5 Å². The summed E-state index contributed by atoms with van der Waals surface area (Å²) in [5, 5.41) is 0. The van der Waals surface area contributed by atoms with Crippen LogP contribution in [0.2, 0.25) is 0 Å². The van der Waals surface area contributed by atoms with E-state index < -0.39 is 10.0 Å². The van der Waals surface area contributed by atoms with Gasteiger partial charge in [-0.05, 0) is 54.3 Å². The molecule has 5 heteroatoms. The van der Waals surface area contributed by atoms with Crippen LogP contribution in [-0.2, 0) is 23.0 Å². The van der Waals surface area contributed by atoms with Crippen molar-refractivity contribution in [3.05, 3.63) is 63.6 Å². The maximum atomic E-state index is 12.7. The van der Waals surface area contributed by atoms with E-state index in [0.717, 1.165) is 22.0 Å². The summed E-state index contributed by atoms with van der Waals surface area (Å²) in [4.78, 5) is 0.378. The van der Waals surface area contributed by atoms with Crippen LogP contribution in [0.4, 0.5) is 0 Å². The van der Waals surface area contributed by atoms with Crippen LogP contribution in [0.15, 0.2) is 51.8 Å². The number of fused-ring (bicyclic) bond motifs is 1. The molecular weight excluding hydrogens is 350 g/mol. The Labute approximate surface area is 133 Å². The summed E-state index contributed by atoms with van der Waals surface area (Å²) in [6.45, 7) is 2.88. The molecule has 1 aliphatic heterocycles. The van der Waals surface area contributed by atoms with E-state index in [-0.39, 0.29) is 0 Å². The number of halogens is 1. The standard InChI is InChI=1S/C16H16BrNO2S/c1-12-3-2-4-16(9-12)21(19,20)18-8-7-13-10-15(17)6-5-14(13)11-18/h2-6,9-10H,7-8,11H2,1H3. The van der Waals surface area contributed by atoms with Crippen molar-refractivity contribution in [1.29, 1.82) is 0 Å². The highest BCUT2D eigenvalue weighted by molar-refractivity contribution is 9.10. The van der Waals surface area contributed by atoms with Crippen molar-refractivity contribution in [2.75, 3.05) is 6.54 Å². The van der Waals surface area contributed by atoms with Crippen LogP contribution in [0.1, 0.15) is 16.7 Å². The van der Waals surface area contributed by atoms with Crippen LogP contribution in [0, 0.1) is 6.92 Å². The lowest BCUT2D eigenvalue weighted by Gasteiger charge is -2.28. The molecule has 0 aliphatic carbocycles. The molecule has 110 valence electrons. The third kappa shape index (κ3) is 2.91. The van der Waals surface area contributed by atoms with Crippen LogP contribution in [0.25, 0.3) is 0 Å². The first kappa shape index (κ1) is 14.8. The quantitative estimate of drug-likeness (QED) is 0.816. The molecule has 0 fully saturated rings. The predicted molar refractivity (Wildman–Crippen MR) is 86.6 cm³/mol. The van der Waals surface area contributed by atoms with Crippen molar-refractivity contribution in [1.82, 2.24) is 4.31 Å². The zero-order chi connectivity index (χ0) is 15.0. The van der Waals surface area contributed by atoms with Gasteiger partial charge in [0.2, 0.25) is 10.0 Å². The van der Waals surface area contributed by atoms with Gasteiger partial charge in [-0.1, -0.05) is 34.1 Å². The van der Waals surface area contributed by atoms with Crippen molar-refractivity contribution in [3.63, 3.8) is 0 Å². The molecule has 0 saturated heterocycles. The van der Waals surface area contributed by atoms with Crippen molar-refractivity contribution in [2.45, 2.75) is 24.8 Å². The van der Waals surface area contributed by atoms with Gasteiger partial charge in [0.15, 0.2) is 0 Å². The minimum Gasteiger partial charge on any atom is -0.207 e. The maximum absolute atomic E-state index is 12.7. The molecule has 2 aromatic rings. The van der Waals surface area contributed by atoms with E-state index >= 15 is 0 Å². The van der Waals surface area contributed by atoms with Gasteiger partial charge in [-0.3, -0.25) is 0 Å². The van der Waals surface area contributed by atoms with Crippen molar-refractivity contribution in [2.24, 2.45) is 0 Å². The number of hydrogen-bond donors (Lipinski definition) is 0. The van der Waals surface area contributed by atoms with E-state index in [9.17, 15) is 8.42 Å². The molecule has 1 aliphatic rings. The highest BCUT2D eigenvalue weighted by Crippen LogP contribution is 2.27. The molecule has 0 atom stereocenters. The SMILES string of the molecule is Cc1cccc(S(=O)(=O)N2CCc3cc(Br)ccc3C2)c1. The average Bonchev–Trinajstić information content (AvgIpc) is 2.46. The molecule has 0 amide bonds. The minimum atomic E-state index is -3.42. The highest BCUT2D eigenvalue weighted by Gasteiger charge is 2.28. The Bertz CT molecular complexity index is 787. The second-order valence-corrected chi connectivity index (χ2v) is 8.17. The Balaban J connectivity index is 1.93. The molecule has 3 rings (SSSR count). The van der Waals surface area contributed by atoms with E-state index in [2.05, 4.69) is 22.0 Å². The fourth-order valence-electron chi connectivity index (χ4n) is 2.63. The van der Waals surface area contributed by atoms with Gasteiger partial charge < -0.3 is 0 Å². The summed E-state index contributed by atoms with van der Waals surface area (Å²) < 4.78 is 28.1. The van der Waals surface area contributed by atoms with Crippen LogP contribution in [0.5, 0.6) is 0 Å². The summed E-state index contributed by atoms with van der Waals surface area (Å²) in [5.74, 6) is 0. The molecule has 0 bridgehead atoms. The predicted octanol–water partition coefficient (Wildman–Crippen LogP) is 3.50. The van der Waals surface area contributed by atoms with E-state index in [1.807, 2.05) is 25.1 Å². The Hall–Kier alpha value is -1.17. The van der Waals surface area contributed by atoms with Gasteiger partial charge in [-0.25, -0.2) is 8.42 Å². The number of aryl methyl sites for hydroxylation is 1. The second kappa shape index (κ2) is 5.55. The molecule has 1 heterocycles. The number of benzene rings is 2. The third-order valence-corrected chi connectivity index (χ3v) is 6.11. The van der Waals surface area contributed by atoms with Crippen LogP contribution in [0.3, 0.4) is 0 Å². The zero-order valence-corrected chi connectivity index (χ0v) is 14.1. The summed E-state index contributed by atoms with van der Waals surface area (Å²) >= 11 is 3.46. The van der Waals surface area contributed by atoms with Gasteiger partial charge in [0.1, 0.15) is 0 Å². The summed E-state index contributed by atoms with van der Waals surface area (Å²) in [6, 6.07) is 13.1. The first-order valence-corrected chi connectivity index (χ1v) is 9.04. The lowest BCUT2D eigenvalue weighted by Crippen LogP contribution is -2.36. The molecule has 0 unspecified atom stereocenters. The molecule has 0 aromatic heterocycles. The molecule has 2 aromatic carbocycles. The summed E-state index contributed by atoms with van der Waals surface area (Å²) in [6.07, 6.45) is 0.750. The lowest BCUT2D eigenvalue weighted by atomic mass is 10.0. The van der Waals surface area contributed by atoms with Crippen molar-refractivity contribution < 1.29 is 8.42 Å². The molecule has 0 N–H and O–H groups in total. The fourth-order valence-corrected chi connectivity index (χ4v) is 4.56. The molecule has 0 saturated carbocycles. The lowest BCUT2D eigenvalue weighted by molar-refractivity contribution is 0.391. The Morgan fingerprint density at radius 3 is 2.67 bits per heavy atom. The smallest absolute Gasteiger partial charge is 0.207 e. The van der Waals surface area contributed by atoms with Crippen LogP contribution < -0.4 is 0 Å². The highest BCUT2D eigenvalue weighted by atomic mass is 79.9. The van der Waals surface area contributed by atoms with Crippen LogP contribution >= 0.6 is 15.9 Å². The number of nitrogens with zero attached hydrogens (tertiary/aromatic N) is 1. The average molecular weight is 366 g/mol. The van der Waals surface area contributed by atoms with Gasteiger partial charge >= 0.3 is 0 Å². The number of hydrogen-bond acceptors (Lipinski definition) is 2.